The minimum atomic E-state index is -0.126. The summed E-state index contributed by atoms with van der Waals surface area (Å²) in [6, 6.07) is 0. The fourth-order valence-corrected chi connectivity index (χ4v) is 8.34. The Morgan fingerprint density at radius 3 is 2.45 bits per heavy atom. The van der Waals surface area contributed by atoms with E-state index in [-0.39, 0.29) is 12.1 Å². The van der Waals surface area contributed by atoms with Crippen LogP contribution < -0.4 is 0 Å². The first-order valence-electron chi connectivity index (χ1n) is 14.1. The van der Waals surface area contributed by atoms with Crippen LogP contribution in [-0.2, 0) is 9.53 Å². The smallest absolute Gasteiger partial charge is 0.302 e. The van der Waals surface area contributed by atoms with Crippen LogP contribution in [0.25, 0.3) is 0 Å². The second-order valence-corrected chi connectivity index (χ2v) is 12.7. The fraction of sp³-hybridized carbons (Fsp3) is 0.839. The first-order chi connectivity index (χ1) is 15.5. The third-order valence-electron chi connectivity index (χ3n) is 10.3. The Labute approximate surface area is 205 Å². The van der Waals surface area contributed by atoms with Gasteiger partial charge >= 0.3 is 5.97 Å². The number of fused-ring (bicyclic) bond motifs is 3. The van der Waals surface area contributed by atoms with Crippen molar-refractivity contribution in [1.29, 1.82) is 0 Å². The molecule has 8 atom stereocenters. The maximum atomic E-state index is 11.5. The Morgan fingerprint density at radius 1 is 1.12 bits per heavy atom. The summed E-state index contributed by atoms with van der Waals surface area (Å²) in [5, 5.41) is 0. The van der Waals surface area contributed by atoms with Gasteiger partial charge < -0.3 is 4.74 Å². The van der Waals surface area contributed by atoms with Crippen molar-refractivity contribution in [3.05, 3.63) is 23.8 Å². The standard InChI is InChI=1S/C31H52O2/c1-9-24(21(3)4)12-11-22(5)28(10-2)30(7)17-16-29-25(20-30)13-14-26-19-27(33-23(6)32)15-18-31(26,29)8/h11-12,14,21-22,24-25,27-29H,9-10,13,15-20H2,1-8H3/b12-11-. The molecule has 8 unspecified atom stereocenters. The normalized spacial score (nSPS) is 37.1. The van der Waals surface area contributed by atoms with Crippen LogP contribution in [-0.4, -0.2) is 12.1 Å². The van der Waals surface area contributed by atoms with E-state index in [1.54, 1.807) is 12.5 Å². The highest BCUT2D eigenvalue weighted by atomic mass is 16.5. The summed E-state index contributed by atoms with van der Waals surface area (Å²) in [4.78, 5) is 11.5. The van der Waals surface area contributed by atoms with Crippen LogP contribution in [0.15, 0.2) is 23.8 Å². The van der Waals surface area contributed by atoms with Crippen LogP contribution in [0.1, 0.15) is 113 Å². The van der Waals surface area contributed by atoms with E-state index in [4.69, 9.17) is 4.74 Å². The molecule has 0 aromatic rings. The molecule has 0 saturated heterocycles. The minimum Gasteiger partial charge on any atom is -0.462 e. The zero-order valence-electron chi connectivity index (χ0n) is 23.0. The lowest BCUT2D eigenvalue weighted by molar-refractivity contribution is -0.148. The summed E-state index contributed by atoms with van der Waals surface area (Å²) in [5.41, 5.74) is 2.35. The van der Waals surface area contributed by atoms with Gasteiger partial charge in [-0.1, -0.05) is 78.7 Å². The molecule has 0 amide bonds. The summed E-state index contributed by atoms with van der Waals surface area (Å²) >= 11 is 0. The van der Waals surface area contributed by atoms with Gasteiger partial charge in [-0.3, -0.25) is 4.79 Å². The quantitative estimate of drug-likeness (QED) is 0.269. The van der Waals surface area contributed by atoms with Crippen LogP contribution in [0.5, 0.6) is 0 Å². The van der Waals surface area contributed by atoms with Gasteiger partial charge in [0.2, 0.25) is 0 Å². The summed E-state index contributed by atoms with van der Waals surface area (Å²) in [7, 11) is 0. The summed E-state index contributed by atoms with van der Waals surface area (Å²) in [6.07, 6.45) is 18.8. The van der Waals surface area contributed by atoms with Gasteiger partial charge in [0.15, 0.2) is 0 Å². The highest BCUT2D eigenvalue weighted by molar-refractivity contribution is 5.66. The van der Waals surface area contributed by atoms with Gasteiger partial charge in [0.25, 0.3) is 0 Å². The van der Waals surface area contributed by atoms with Crippen molar-refractivity contribution in [2.45, 2.75) is 119 Å². The SMILES string of the molecule is CCC(/C=C\C(C)C(CC)C1(C)CCC2C(CC=C3CC(OC(C)=O)CCC32C)C1)C(C)C. The number of allylic oxidation sites excluding steroid dienone is 3. The second kappa shape index (κ2) is 10.7. The third-order valence-corrected chi connectivity index (χ3v) is 10.3. The van der Waals surface area contributed by atoms with Crippen LogP contribution in [0.3, 0.4) is 0 Å². The van der Waals surface area contributed by atoms with Crippen molar-refractivity contribution in [1.82, 2.24) is 0 Å². The number of ether oxygens (including phenoxy) is 1. The fourth-order valence-electron chi connectivity index (χ4n) is 8.34. The maximum absolute atomic E-state index is 11.5. The number of hydrogen-bond donors (Lipinski definition) is 0. The Hall–Kier alpha value is -1.05. The van der Waals surface area contributed by atoms with E-state index in [1.807, 2.05) is 0 Å². The number of hydrogen-bond acceptors (Lipinski definition) is 2. The van der Waals surface area contributed by atoms with Gasteiger partial charge in [-0.25, -0.2) is 0 Å². The first-order valence-corrected chi connectivity index (χ1v) is 14.1. The molecule has 0 heterocycles. The molecule has 3 aliphatic carbocycles. The molecule has 0 aromatic heterocycles. The van der Waals surface area contributed by atoms with Gasteiger partial charge in [0, 0.05) is 13.3 Å². The van der Waals surface area contributed by atoms with Crippen LogP contribution in [0, 0.1) is 46.3 Å². The number of carbonyl (C=O) groups is 1. The molecule has 0 aliphatic heterocycles. The molecular formula is C31H52O2. The van der Waals surface area contributed by atoms with Crippen LogP contribution in [0.2, 0.25) is 0 Å². The van der Waals surface area contributed by atoms with E-state index in [2.05, 4.69) is 66.7 Å². The average molecular weight is 457 g/mol. The zero-order chi connectivity index (χ0) is 24.4. The molecule has 0 spiro atoms. The largest absolute Gasteiger partial charge is 0.462 e. The monoisotopic (exact) mass is 456 g/mol. The van der Waals surface area contributed by atoms with Crippen molar-refractivity contribution in [2.24, 2.45) is 46.3 Å². The molecule has 2 heteroatoms. The van der Waals surface area contributed by atoms with Gasteiger partial charge in [0.1, 0.15) is 6.10 Å². The van der Waals surface area contributed by atoms with Crippen LogP contribution >= 0.6 is 0 Å². The molecular weight excluding hydrogens is 404 g/mol. The van der Waals surface area contributed by atoms with E-state index >= 15 is 0 Å². The van der Waals surface area contributed by atoms with E-state index in [9.17, 15) is 4.79 Å². The van der Waals surface area contributed by atoms with Gasteiger partial charge in [-0.2, -0.15) is 0 Å². The third kappa shape index (κ3) is 5.62. The van der Waals surface area contributed by atoms with Gasteiger partial charge in [-0.15, -0.1) is 0 Å². The molecule has 3 aliphatic rings. The van der Waals surface area contributed by atoms with Crippen molar-refractivity contribution in [2.75, 3.05) is 0 Å². The zero-order valence-corrected chi connectivity index (χ0v) is 23.0. The summed E-state index contributed by atoms with van der Waals surface area (Å²) < 4.78 is 5.60. The number of esters is 1. The lowest BCUT2D eigenvalue weighted by Gasteiger charge is -2.57. The molecule has 0 aromatic carbocycles. The molecule has 0 N–H and O–H groups in total. The van der Waals surface area contributed by atoms with Crippen LogP contribution in [0.4, 0.5) is 0 Å². The highest BCUT2D eigenvalue weighted by Gasteiger charge is 2.52. The van der Waals surface area contributed by atoms with Gasteiger partial charge in [-0.05, 0) is 91.3 Å². The topological polar surface area (TPSA) is 26.3 Å². The van der Waals surface area contributed by atoms with Crippen molar-refractivity contribution in [3.8, 4) is 0 Å². The number of carbonyl (C=O) groups excluding carboxylic acids is 1. The van der Waals surface area contributed by atoms with Crippen molar-refractivity contribution >= 4 is 5.97 Å². The molecule has 0 radical (unpaired) electrons. The predicted molar refractivity (Wildman–Crippen MR) is 140 cm³/mol. The minimum absolute atomic E-state index is 0.0992. The predicted octanol–water partition coefficient (Wildman–Crippen LogP) is 8.76. The summed E-state index contributed by atoms with van der Waals surface area (Å²) in [5.74, 6) is 4.33. The second-order valence-electron chi connectivity index (χ2n) is 12.7. The van der Waals surface area contributed by atoms with E-state index < -0.39 is 0 Å². The Balaban J connectivity index is 1.72. The first kappa shape index (κ1) is 26.6. The van der Waals surface area contributed by atoms with Crippen molar-refractivity contribution in [3.63, 3.8) is 0 Å². The molecule has 2 nitrogen and oxygen atoms in total. The lowest BCUT2D eigenvalue weighted by Crippen LogP contribution is -2.48. The molecule has 188 valence electrons. The molecule has 3 rings (SSSR count). The maximum Gasteiger partial charge on any atom is 0.302 e. The summed E-state index contributed by atoms with van der Waals surface area (Å²) in [6.45, 7) is 18.6. The molecule has 2 saturated carbocycles. The van der Waals surface area contributed by atoms with Crippen molar-refractivity contribution < 1.29 is 9.53 Å². The Bertz CT molecular complexity index is 733. The molecule has 2 fully saturated rings. The van der Waals surface area contributed by atoms with Gasteiger partial charge in [0.05, 0.1) is 0 Å². The van der Waals surface area contributed by atoms with E-state index in [0.717, 1.165) is 36.5 Å². The lowest BCUT2D eigenvalue weighted by atomic mass is 9.48. The molecule has 0 bridgehead atoms. The highest BCUT2D eigenvalue weighted by Crippen LogP contribution is 2.61. The average Bonchev–Trinajstić information content (AvgIpc) is 2.74. The Kier molecular flexibility index (Phi) is 8.61. The Morgan fingerprint density at radius 2 is 1.85 bits per heavy atom. The van der Waals surface area contributed by atoms with E-state index in [1.165, 1.54) is 44.9 Å². The molecule has 33 heavy (non-hydrogen) atoms. The van der Waals surface area contributed by atoms with E-state index in [0.29, 0.717) is 22.7 Å². The number of rotatable bonds is 8.